The van der Waals surface area contributed by atoms with Gasteiger partial charge in [-0.15, -0.1) is 11.3 Å². The first-order chi connectivity index (χ1) is 11.0. The van der Waals surface area contributed by atoms with Crippen LogP contribution in [0, 0.1) is 0 Å². The van der Waals surface area contributed by atoms with Crippen LogP contribution in [-0.2, 0) is 9.84 Å². The van der Waals surface area contributed by atoms with Gasteiger partial charge in [0.25, 0.3) is 5.91 Å². The lowest BCUT2D eigenvalue weighted by Crippen LogP contribution is -2.10. The summed E-state index contributed by atoms with van der Waals surface area (Å²) in [6, 6.07) is 8.21. The fourth-order valence-corrected chi connectivity index (χ4v) is 3.58. The number of halogens is 1. The molecule has 1 amide bonds. The van der Waals surface area contributed by atoms with Crippen molar-refractivity contribution < 1.29 is 17.6 Å². The maximum absolute atomic E-state index is 12.4. The van der Waals surface area contributed by atoms with E-state index in [1.165, 1.54) is 47.7 Å². The van der Waals surface area contributed by atoms with Crippen LogP contribution in [0.2, 0.25) is 5.02 Å². The third-order valence-electron chi connectivity index (χ3n) is 2.85. The molecule has 0 saturated heterocycles. The summed E-state index contributed by atoms with van der Waals surface area (Å²) in [5, 5.41) is 4.72. The van der Waals surface area contributed by atoms with Crippen molar-refractivity contribution in [3.8, 4) is 0 Å². The van der Waals surface area contributed by atoms with E-state index < -0.39 is 15.7 Å². The Balaban J connectivity index is 1.86. The van der Waals surface area contributed by atoms with Crippen LogP contribution in [-0.4, -0.2) is 19.3 Å². The zero-order valence-electron chi connectivity index (χ0n) is 11.4. The van der Waals surface area contributed by atoms with E-state index in [1.54, 1.807) is 11.6 Å². The number of furan rings is 1. The summed E-state index contributed by atoms with van der Waals surface area (Å²) in [5.41, 5.74) is 0. The summed E-state index contributed by atoms with van der Waals surface area (Å²) < 4.78 is 30.0. The second kappa shape index (κ2) is 6.15. The number of benzene rings is 1. The fraction of sp³-hybridized carbons (Fsp3) is 0. The van der Waals surface area contributed by atoms with Gasteiger partial charge in [-0.3, -0.25) is 10.1 Å². The first-order valence-electron chi connectivity index (χ1n) is 6.28. The summed E-state index contributed by atoms with van der Waals surface area (Å²) in [5.74, 6) is -0.690. The zero-order valence-corrected chi connectivity index (χ0v) is 13.8. The quantitative estimate of drug-likeness (QED) is 0.761. The van der Waals surface area contributed by atoms with Gasteiger partial charge in [0.05, 0.1) is 4.90 Å². The molecule has 0 saturated carbocycles. The van der Waals surface area contributed by atoms with Crippen molar-refractivity contribution in [3.05, 3.63) is 58.8 Å². The molecule has 1 N–H and O–H groups in total. The van der Waals surface area contributed by atoms with Crippen molar-refractivity contribution in [2.24, 2.45) is 0 Å². The molecule has 0 aliphatic rings. The molecule has 0 radical (unpaired) electrons. The van der Waals surface area contributed by atoms with E-state index in [-0.39, 0.29) is 15.7 Å². The second-order valence-corrected chi connectivity index (χ2v) is 7.58. The van der Waals surface area contributed by atoms with Crippen LogP contribution >= 0.6 is 22.9 Å². The van der Waals surface area contributed by atoms with Crippen LogP contribution in [0.5, 0.6) is 0 Å². The number of carbonyl (C=O) groups excluding carboxylic acids is 1. The van der Waals surface area contributed by atoms with E-state index in [1.807, 2.05) is 0 Å². The highest BCUT2D eigenvalue weighted by Gasteiger charge is 2.23. The normalized spacial score (nSPS) is 11.3. The summed E-state index contributed by atoms with van der Waals surface area (Å²) >= 11 is 6.99. The smallest absolute Gasteiger partial charge is 0.293 e. The summed E-state index contributed by atoms with van der Waals surface area (Å²) in [6.45, 7) is 0. The Kier molecular flexibility index (Phi) is 4.20. The van der Waals surface area contributed by atoms with Crippen molar-refractivity contribution in [1.82, 2.24) is 4.98 Å². The Morgan fingerprint density at radius 1 is 1.17 bits per heavy atom. The molecule has 0 spiro atoms. The molecular weight excluding hydrogens is 360 g/mol. The van der Waals surface area contributed by atoms with Gasteiger partial charge in [-0.2, -0.15) is 0 Å². The first-order valence-corrected chi connectivity index (χ1v) is 9.02. The summed E-state index contributed by atoms with van der Waals surface area (Å²) in [7, 11) is -3.85. The third-order valence-corrected chi connectivity index (χ3v) is 5.43. The molecular formula is C14H9ClN2O4S2. The molecule has 0 unspecified atom stereocenters. The molecule has 0 aliphatic heterocycles. The van der Waals surface area contributed by atoms with Gasteiger partial charge in [0.2, 0.25) is 14.9 Å². The van der Waals surface area contributed by atoms with Crippen molar-refractivity contribution >= 4 is 43.8 Å². The molecule has 2 heterocycles. The highest BCUT2D eigenvalue weighted by Crippen LogP contribution is 2.24. The van der Waals surface area contributed by atoms with Gasteiger partial charge < -0.3 is 4.42 Å². The Hall–Kier alpha value is -2.16. The molecule has 9 heteroatoms. The minimum atomic E-state index is -3.85. The summed E-state index contributed by atoms with van der Waals surface area (Å²) in [6.07, 6.45) is 1.54. The van der Waals surface area contributed by atoms with Gasteiger partial charge in [-0.05, 0) is 36.4 Å². The van der Waals surface area contributed by atoms with Crippen LogP contribution in [0.4, 0.5) is 5.13 Å². The molecule has 0 fully saturated rings. The second-order valence-electron chi connectivity index (χ2n) is 4.37. The molecule has 23 heavy (non-hydrogen) atoms. The lowest BCUT2D eigenvalue weighted by molar-refractivity contribution is 0.0991. The molecule has 118 valence electrons. The number of carbonyl (C=O) groups is 1. The number of anilines is 1. The minimum absolute atomic E-state index is 0.0307. The Morgan fingerprint density at radius 2 is 1.91 bits per heavy atom. The van der Waals surface area contributed by atoms with E-state index in [4.69, 9.17) is 16.0 Å². The van der Waals surface area contributed by atoms with Crippen molar-refractivity contribution in [2.75, 3.05) is 5.32 Å². The third kappa shape index (κ3) is 3.29. The van der Waals surface area contributed by atoms with Crippen molar-refractivity contribution in [1.29, 1.82) is 0 Å². The number of hydrogen-bond acceptors (Lipinski definition) is 6. The van der Waals surface area contributed by atoms with Gasteiger partial charge in [0, 0.05) is 16.6 Å². The number of rotatable bonds is 4. The average Bonchev–Trinajstić information content (AvgIpc) is 3.19. The average molecular weight is 369 g/mol. The van der Waals surface area contributed by atoms with Gasteiger partial charge in [-0.1, -0.05) is 11.6 Å². The van der Waals surface area contributed by atoms with E-state index >= 15 is 0 Å². The lowest BCUT2D eigenvalue weighted by Gasteiger charge is -2.01. The summed E-state index contributed by atoms with van der Waals surface area (Å²) in [4.78, 5) is 15.9. The Labute approximate surface area is 140 Å². The molecule has 0 atom stereocenters. The number of nitrogens with one attached hydrogen (secondary N) is 1. The Bertz CT molecular complexity index is 932. The van der Waals surface area contributed by atoms with E-state index in [2.05, 4.69) is 10.3 Å². The standard InChI is InChI=1S/C14H9ClN2O4S2/c15-9-1-3-10(4-2-9)23(19,20)12-6-5-11(21-12)13(18)17-14-16-7-8-22-14/h1-8H,(H,16,17,18). The number of thiazole rings is 1. The zero-order chi connectivity index (χ0) is 16.4. The number of nitrogens with zero attached hydrogens (tertiary/aromatic N) is 1. The highest BCUT2D eigenvalue weighted by molar-refractivity contribution is 7.91. The monoisotopic (exact) mass is 368 g/mol. The van der Waals surface area contributed by atoms with Gasteiger partial charge >= 0.3 is 0 Å². The SMILES string of the molecule is O=C(Nc1nccs1)c1ccc(S(=O)(=O)c2ccc(Cl)cc2)o1. The number of sulfone groups is 1. The molecule has 3 rings (SSSR count). The van der Waals surface area contributed by atoms with Gasteiger partial charge in [-0.25, -0.2) is 13.4 Å². The number of hydrogen-bond donors (Lipinski definition) is 1. The fourth-order valence-electron chi connectivity index (χ4n) is 1.76. The van der Waals surface area contributed by atoms with Gasteiger partial charge in [0.15, 0.2) is 10.9 Å². The predicted octanol–water partition coefficient (Wildman–Crippen LogP) is 3.47. The predicted molar refractivity (Wildman–Crippen MR) is 85.7 cm³/mol. The highest BCUT2D eigenvalue weighted by atomic mass is 35.5. The molecule has 0 aliphatic carbocycles. The maximum atomic E-state index is 12.4. The lowest BCUT2D eigenvalue weighted by atomic mass is 10.4. The minimum Gasteiger partial charge on any atom is -0.439 e. The van der Waals surface area contributed by atoms with Crippen LogP contribution in [0.1, 0.15) is 10.6 Å². The maximum Gasteiger partial charge on any atom is 0.293 e. The molecule has 6 nitrogen and oxygen atoms in total. The van der Waals surface area contributed by atoms with Gasteiger partial charge in [0.1, 0.15) is 0 Å². The van der Waals surface area contributed by atoms with Crippen LogP contribution in [0.15, 0.2) is 62.4 Å². The molecule has 3 aromatic rings. The largest absolute Gasteiger partial charge is 0.439 e. The number of amides is 1. The molecule has 0 bridgehead atoms. The van der Waals surface area contributed by atoms with E-state index in [9.17, 15) is 13.2 Å². The number of aromatic nitrogens is 1. The first kappa shape index (κ1) is 15.7. The van der Waals surface area contributed by atoms with Crippen LogP contribution in [0.3, 0.4) is 0 Å². The molecule has 1 aromatic carbocycles. The van der Waals surface area contributed by atoms with Crippen molar-refractivity contribution in [2.45, 2.75) is 9.99 Å². The van der Waals surface area contributed by atoms with Crippen LogP contribution in [0.25, 0.3) is 0 Å². The Morgan fingerprint density at radius 3 is 2.57 bits per heavy atom. The topological polar surface area (TPSA) is 89.3 Å². The van der Waals surface area contributed by atoms with E-state index in [0.29, 0.717) is 10.2 Å². The van der Waals surface area contributed by atoms with Crippen molar-refractivity contribution in [3.63, 3.8) is 0 Å². The van der Waals surface area contributed by atoms with E-state index in [0.717, 1.165) is 0 Å². The molecule has 2 aromatic heterocycles. The van der Waals surface area contributed by atoms with Crippen LogP contribution < -0.4 is 5.32 Å².